The number of fused-ring (bicyclic) bond motifs is 29. The quantitative estimate of drug-likeness (QED) is 0.142. The van der Waals surface area contributed by atoms with E-state index < -0.39 is 0 Å². The van der Waals surface area contributed by atoms with Crippen molar-refractivity contribution in [3.05, 3.63) is 409 Å². The molecule has 10 heteroatoms. The summed E-state index contributed by atoms with van der Waals surface area (Å²) >= 11 is 0. The average molecular weight is 1680 g/mol. The molecule has 0 atom stereocenters. The first-order chi connectivity index (χ1) is 64.2. The van der Waals surface area contributed by atoms with Gasteiger partial charge in [0, 0.05) is 131 Å². The number of nitrogens with zero attached hydrogens (tertiary/aromatic N) is 6. The minimum Gasteiger partial charge on any atom is -0.456 e. The van der Waals surface area contributed by atoms with Crippen molar-refractivity contribution < 1.29 is 17.7 Å². The Labute approximate surface area is 753 Å². The van der Waals surface area contributed by atoms with Gasteiger partial charge in [-0.25, -0.2) is 29.9 Å². The fourth-order valence-electron chi connectivity index (χ4n) is 21.7. The standard InChI is InChI=1S/C41H26N2O2.C41H28N2O.C39H26N2O/c1-41(2)31-14-6-3-10-24(31)25-19-20-26-30-22-23(18-21-34(30)45-39(26)37(25)41)40-42-32-15-7-4-11-27(32)38(43-40)29-13-9-17-35-36(29)28-12-5-8-16-33(28)44-35;1-41(2)34-16-10-9-15-29(34)30-19-20-31-32-24-28(18-22-36(32)44-39(31)37(30)41)40-42-35-21-17-27(25-11-5-3-6-12-25)23-33(35)38(43-40)26-13-7-4-8-14-26;1-39(2)32-15-9-8-14-27(32)29-20-21-30-28-18-17-25(22-33(28)42-37(30)34(29)39)38-40-35(24-11-4-3-5-12-24)31-19-16-23-10-6-7-13-26(23)36(31)41-38/h3-22H,1-2H3;3-24H,1-2H3;3-22H,1-2H3. The Hall–Kier alpha value is -16.6. The van der Waals surface area contributed by atoms with Gasteiger partial charge in [-0.1, -0.05) is 315 Å². The molecule has 7 heterocycles. The lowest BCUT2D eigenvalue weighted by Gasteiger charge is -2.21. The molecule has 3 aliphatic rings. The molecule has 0 radical (unpaired) electrons. The second-order valence-corrected chi connectivity index (χ2v) is 36.5. The lowest BCUT2D eigenvalue weighted by molar-refractivity contribution is 0.619. The van der Waals surface area contributed by atoms with Crippen LogP contribution >= 0.6 is 0 Å². The predicted molar refractivity (Wildman–Crippen MR) is 536 cm³/mol. The molecule has 3 aliphatic carbocycles. The molecule has 28 rings (SSSR count). The molecule has 0 saturated carbocycles. The van der Waals surface area contributed by atoms with E-state index in [1.54, 1.807) is 0 Å². The number of hydrogen-bond acceptors (Lipinski definition) is 10. The van der Waals surface area contributed by atoms with Crippen molar-refractivity contribution in [1.29, 1.82) is 0 Å². The summed E-state index contributed by atoms with van der Waals surface area (Å²) in [5, 5.41) is 14.2. The Morgan fingerprint density at radius 1 is 0.198 bits per heavy atom. The second kappa shape index (κ2) is 28.7. The molecule has 0 unspecified atom stereocenters. The highest BCUT2D eigenvalue weighted by Gasteiger charge is 2.42. The van der Waals surface area contributed by atoms with Crippen LogP contribution in [0.15, 0.2) is 394 Å². The van der Waals surface area contributed by atoms with Crippen molar-refractivity contribution in [3.63, 3.8) is 0 Å². The normalized spacial score (nSPS) is 13.6. The van der Waals surface area contributed by atoms with Gasteiger partial charge in [0.15, 0.2) is 17.5 Å². The lowest BCUT2D eigenvalue weighted by Crippen LogP contribution is -2.15. The van der Waals surface area contributed by atoms with E-state index in [2.05, 4.69) is 363 Å². The van der Waals surface area contributed by atoms with Crippen molar-refractivity contribution >= 4 is 131 Å². The first-order valence-corrected chi connectivity index (χ1v) is 44.9. The highest BCUT2D eigenvalue weighted by molar-refractivity contribution is 6.17. The van der Waals surface area contributed by atoms with Gasteiger partial charge in [-0.2, -0.15) is 0 Å². The Balaban J connectivity index is 0.000000103. The number of rotatable bonds is 7. The minimum atomic E-state index is -0.156. The zero-order valence-corrected chi connectivity index (χ0v) is 72.6. The molecule has 0 saturated heterocycles. The maximum absolute atomic E-state index is 6.74. The summed E-state index contributed by atoms with van der Waals surface area (Å²) in [5.74, 6) is 2.07. The van der Waals surface area contributed by atoms with Crippen molar-refractivity contribution in [3.8, 4) is 112 Å². The van der Waals surface area contributed by atoms with E-state index in [-0.39, 0.29) is 16.2 Å². The van der Waals surface area contributed by atoms with E-state index in [1.807, 2.05) is 54.6 Å². The number of hydrogen-bond donors (Lipinski definition) is 0. The van der Waals surface area contributed by atoms with Gasteiger partial charge in [0.25, 0.3) is 0 Å². The van der Waals surface area contributed by atoms with Crippen molar-refractivity contribution in [1.82, 2.24) is 29.9 Å². The molecule has 18 aromatic carbocycles. The van der Waals surface area contributed by atoms with Gasteiger partial charge < -0.3 is 17.7 Å². The van der Waals surface area contributed by atoms with Gasteiger partial charge >= 0.3 is 0 Å². The Kier molecular flexibility index (Phi) is 16.6. The van der Waals surface area contributed by atoms with Crippen molar-refractivity contribution in [2.24, 2.45) is 0 Å². The molecule has 131 heavy (non-hydrogen) atoms. The molecule has 10 nitrogen and oxygen atoms in total. The zero-order chi connectivity index (χ0) is 87.3. The van der Waals surface area contributed by atoms with Gasteiger partial charge in [0.1, 0.15) is 44.7 Å². The fraction of sp³-hybridized carbons (Fsp3) is 0.0744. The Morgan fingerprint density at radius 2 is 0.595 bits per heavy atom. The van der Waals surface area contributed by atoms with E-state index in [1.165, 1.54) is 77.7 Å². The molecular formula is C121H80N6O4. The van der Waals surface area contributed by atoms with Gasteiger partial charge in [-0.15, -0.1) is 0 Å². The molecule has 0 spiro atoms. The van der Waals surface area contributed by atoms with Crippen molar-refractivity contribution in [2.45, 2.75) is 57.8 Å². The molecule has 7 aromatic heterocycles. The predicted octanol–water partition coefficient (Wildman–Crippen LogP) is 32.2. The third-order valence-electron chi connectivity index (χ3n) is 28.0. The minimum absolute atomic E-state index is 0.144. The van der Waals surface area contributed by atoms with Gasteiger partial charge in [-0.05, 0) is 170 Å². The third kappa shape index (κ3) is 11.7. The molecule has 0 fully saturated rings. The van der Waals surface area contributed by atoms with Crippen LogP contribution in [0.3, 0.4) is 0 Å². The molecule has 0 aliphatic heterocycles. The number of para-hydroxylation sites is 2. The monoisotopic (exact) mass is 1680 g/mol. The maximum Gasteiger partial charge on any atom is 0.160 e. The molecule has 25 aromatic rings. The summed E-state index contributed by atoms with van der Waals surface area (Å²) in [6.07, 6.45) is 0. The molecule has 0 N–H and O–H groups in total. The average Bonchev–Trinajstić information content (AvgIpc) is 1.55. The Morgan fingerprint density at radius 3 is 1.18 bits per heavy atom. The van der Waals surface area contributed by atoms with Crippen molar-refractivity contribution in [2.75, 3.05) is 0 Å². The number of benzene rings is 18. The van der Waals surface area contributed by atoms with Gasteiger partial charge in [0.2, 0.25) is 0 Å². The molecule has 0 bridgehead atoms. The zero-order valence-electron chi connectivity index (χ0n) is 72.6. The summed E-state index contributed by atoms with van der Waals surface area (Å²) in [6.45, 7) is 13.8. The molecule has 618 valence electrons. The maximum atomic E-state index is 6.74. The highest BCUT2D eigenvalue weighted by Crippen LogP contribution is 2.57. The topological polar surface area (TPSA) is 130 Å². The largest absolute Gasteiger partial charge is 0.456 e. The van der Waals surface area contributed by atoms with Crippen LogP contribution in [0.1, 0.15) is 74.9 Å². The van der Waals surface area contributed by atoms with Crippen LogP contribution in [-0.4, -0.2) is 29.9 Å². The summed E-state index contributed by atoms with van der Waals surface area (Å²) in [4.78, 5) is 31.0. The summed E-state index contributed by atoms with van der Waals surface area (Å²) < 4.78 is 26.3. The number of aromatic nitrogens is 6. The smallest absolute Gasteiger partial charge is 0.160 e. The first kappa shape index (κ1) is 75.7. The summed E-state index contributed by atoms with van der Waals surface area (Å²) in [5.41, 5.74) is 36.1. The summed E-state index contributed by atoms with van der Waals surface area (Å²) in [6, 6.07) is 132. The summed E-state index contributed by atoms with van der Waals surface area (Å²) in [7, 11) is 0. The van der Waals surface area contributed by atoms with E-state index in [0.717, 1.165) is 182 Å². The van der Waals surface area contributed by atoms with Crippen LogP contribution in [0.2, 0.25) is 0 Å². The van der Waals surface area contributed by atoms with Crippen LogP contribution in [0, 0.1) is 0 Å². The first-order valence-electron chi connectivity index (χ1n) is 44.9. The van der Waals surface area contributed by atoms with E-state index >= 15 is 0 Å². The van der Waals surface area contributed by atoms with Crippen LogP contribution in [0.4, 0.5) is 0 Å². The number of furan rings is 4. The van der Waals surface area contributed by atoms with Crippen LogP contribution in [0.25, 0.3) is 244 Å². The molecule has 0 amide bonds. The van der Waals surface area contributed by atoms with E-state index in [9.17, 15) is 0 Å². The Bertz CT molecular complexity index is 9150. The van der Waals surface area contributed by atoms with Crippen LogP contribution < -0.4 is 0 Å². The lowest BCUT2D eigenvalue weighted by atomic mass is 9.82. The van der Waals surface area contributed by atoms with Gasteiger partial charge in [0.05, 0.1) is 33.6 Å². The highest BCUT2D eigenvalue weighted by atomic mass is 16.3. The van der Waals surface area contributed by atoms with Gasteiger partial charge in [-0.3, -0.25) is 0 Å². The second-order valence-electron chi connectivity index (χ2n) is 36.5. The SMILES string of the molecule is CC1(C)c2ccccc2-c2ccc3c(oc4cc(-c5nc(-c6ccccc6)c6ccc7ccccc7c6n5)ccc43)c21.CC1(C)c2ccccc2-c2ccc3c(oc4ccc(-c5nc(-c6cccc7oc8ccccc8c67)c6ccccc6n5)cc43)c21.CC1(C)c2ccccc2-c2ccc3c(oc4ccc(-c5nc(-c6ccccc6)c6cc(-c7ccccc7)ccc6n5)cc43)c21. The van der Waals surface area contributed by atoms with E-state index in [4.69, 9.17) is 47.6 Å². The third-order valence-corrected chi connectivity index (χ3v) is 28.0. The van der Waals surface area contributed by atoms with Crippen LogP contribution in [-0.2, 0) is 16.2 Å². The molecular weight excluding hydrogens is 1600 g/mol. The fourth-order valence-corrected chi connectivity index (χ4v) is 21.7. The van der Waals surface area contributed by atoms with E-state index in [0.29, 0.717) is 17.5 Å². The van der Waals surface area contributed by atoms with Crippen LogP contribution in [0.5, 0.6) is 0 Å².